The lowest BCUT2D eigenvalue weighted by Gasteiger charge is -2.18. The van der Waals surface area contributed by atoms with Crippen LogP contribution in [0.5, 0.6) is 0 Å². The van der Waals surface area contributed by atoms with Gasteiger partial charge in [0.15, 0.2) is 0 Å². The number of amides is 1. The van der Waals surface area contributed by atoms with E-state index in [1.807, 2.05) is 30.3 Å². The molecule has 0 radical (unpaired) electrons. The summed E-state index contributed by atoms with van der Waals surface area (Å²) in [4.78, 5) is 14.1. The predicted octanol–water partition coefficient (Wildman–Crippen LogP) is 2.39. The highest BCUT2D eigenvalue weighted by Gasteiger charge is 2.15. The van der Waals surface area contributed by atoms with Gasteiger partial charge < -0.3 is 10.0 Å². The molecule has 1 amide bonds. The van der Waals surface area contributed by atoms with Crippen molar-refractivity contribution >= 4 is 5.91 Å². The van der Waals surface area contributed by atoms with Crippen LogP contribution < -0.4 is 0 Å². The largest absolute Gasteiger partial charge is 0.390 e. The van der Waals surface area contributed by atoms with Gasteiger partial charge in [-0.25, -0.2) is 0 Å². The van der Waals surface area contributed by atoms with E-state index in [-0.39, 0.29) is 5.91 Å². The number of carbonyl (C=O) groups is 1. The molecule has 22 heavy (non-hydrogen) atoms. The van der Waals surface area contributed by atoms with E-state index in [1.54, 1.807) is 32.0 Å². The maximum absolute atomic E-state index is 12.5. The van der Waals surface area contributed by atoms with E-state index in [0.29, 0.717) is 18.5 Å². The lowest BCUT2D eigenvalue weighted by Crippen LogP contribution is -2.26. The zero-order valence-corrected chi connectivity index (χ0v) is 13.3. The van der Waals surface area contributed by atoms with Crippen molar-refractivity contribution in [1.82, 2.24) is 15.1 Å². The summed E-state index contributed by atoms with van der Waals surface area (Å²) < 4.78 is 0. The van der Waals surface area contributed by atoms with Crippen molar-refractivity contribution in [1.29, 1.82) is 0 Å². The molecule has 2 rings (SSSR count). The van der Waals surface area contributed by atoms with Crippen LogP contribution in [-0.2, 0) is 13.0 Å². The lowest BCUT2D eigenvalue weighted by atomic mass is 9.98. The molecule has 118 valence electrons. The number of hydrogen-bond acceptors (Lipinski definition) is 3. The van der Waals surface area contributed by atoms with Crippen molar-refractivity contribution in [3.8, 4) is 0 Å². The minimum absolute atomic E-state index is 0.0280. The highest BCUT2D eigenvalue weighted by Crippen LogP contribution is 2.15. The molecule has 0 aliphatic rings. The maximum Gasteiger partial charge on any atom is 0.253 e. The van der Waals surface area contributed by atoms with Gasteiger partial charge in [0, 0.05) is 18.8 Å². The Morgan fingerprint density at radius 2 is 2.14 bits per heavy atom. The molecule has 1 aromatic carbocycles. The standard InChI is InChI=1S/C17H23N3O2/c1-17(2,22)9-7-13-5-4-6-14(11-13)16(21)20(3)12-15-8-10-18-19-15/h4-6,8,10-11,22H,7,9,12H2,1-3H3,(H,18,19). The molecular weight excluding hydrogens is 278 g/mol. The summed E-state index contributed by atoms with van der Waals surface area (Å²) in [5.74, 6) is -0.0280. The van der Waals surface area contributed by atoms with Crippen LogP contribution >= 0.6 is 0 Å². The van der Waals surface area contributed by atoms with Crippen LogP contribution in [0.2, 0.25) is 0 Å². The van der Waals surface area contributed by atoms with E-state index < -0.39 is 5.60 Å². The first-order chi connectivity index (χ1) is 10.3. The lowest BCUT2D eigenvalue weighted by molar-refractivity contribution is 0.0714. The fraction of sp³-hybridized carbons (Fsp3) is 0.412. The molecule has 0 spiro atoms. The van der Waals surface area contributed by atoms with E-state index in [1.165, 1.54) is 0 Å². The van der Waals surface area contributed by atoms with Crippen molar-refractivity contribution in [2.45, 2.75) is 38.8 Å². The van der Waals surface area contributed by atoms with Crippen LogP contribution in [-0.4, -0.2) is 38.8 Å². The Bertz CT molecular complexity index is 615. The molecule has 0 saturated heterocycles. The molecule has 0 bridgehead atoms. The quantitative estimate of drug-likeness (QED) is 0.860. The van der Waals surface area contributed by atoms with Crippen molar-refractivity contribution < 1.29 is 9.90 Å². The molecular formula is C17H23N3O2. The zero-order chi connectivity index (χ0) is 16.2. The van der Waals surface area contributed by atoms with Crippen molar-refractivity contribution in [2.24, 2.45) is 0 Å². The normalized spacial score (nSPS) is 11.5. The molecule has 2 aromatic rings. The fourth-order valence-electron chi connectivity index (χ4n) is 2.23. The van der Waals surface area contributed by atoms with Gasteiger partial charge in [0.1, 0.15) is 0 Å². The van der Waals surface area contributed by atoms with E-state index in [2.05, 4.69) is 10.2 Å². The Morgan fingerprint density at radius 3 is 2.77 bits per heavy atom. The molecule has 0 unspecified atom stereocenters. The molecule has 0 aliphatic heterocycles. The second kappa shape index (κ2) is 6.75. The third kappa shape index (κ3) is 4.70. The number of nitrogens with one attached hydrogen (secondary N) is 1. The second-order valence-electron chi connectivity index (χ2n) is 6.26. The van der Waals surface area contributed by atoms with E-state index in [4.69, 9.17) is 0 Å². The van der Waals surface area contributed by atoms with Gasteiger partial charge in [-0.1, -0.05) is 12.1 Å². The number of nitrogens with zero attached hydrogens (tertiary/aromatic N) is 2. The number of aromatic nitrogens is 2. The van der Waals surface area contributed by atoms with Gasteiger partial charge in [-0.2, -0.15) is 5.10 Å². The number of aryl methyl sites for hydroxylation is 1. The maximum atomic E-state index is 12.5. The molecule has 0 atom stereocenters. The number of rotatable bonds is 6. The van der Waals surface area contributed by atoms with Crippen LogP contribution in [0.25, 0.3) is 0 Å². The summed E-state index contributed by atoms with van der Waals surface area (Å²) in [6, 6.07) is 9.44. The number of H-pyrrole nitrogens is 1. The molecule has 1 aromatic heterocycles. The number of aliphatic hydroxyl groups is 1. The van der Waals surface area contributed by atoms with Crippen LogP contribution in [0.3, 0.4) is 0 Å². The van der Waals surface area contributed by atoms with E-state index in [9.17, 15) is 9.90 Å². The average Bonchev–Trinajstić information content (AvgIpc) is 2.97. The molecule has 0 aliphatic carbocycles. The summed E-state index contributed by atoms with van der Waals surface area (Å²) in [5.41, 5.74) is 1.92. The number of carbonyl (C=O) groups excluding carboxylic acids is 1. The van der Waals surface area contributed by atoms with Gasteiger partial charge in [0.25, 0.3) is 5.91 Å². The monoisotopic (exact) mass is 301 g/mol. The second-order valence-corrected chi connectivity index (χ2v) is 6.26. The number of aromatic amines is 1. The zero-order valence-electron chi connectivity index (χ0n) is 13.3. The number of benzene rings is 1. The summed E-state index contributed by atoms with van der Waals surface area (Å²) >= 11 is 0. The Labute approximate surface area is 131 Å². The first kappa shape index (κ1) is 16.2. The summed E-state index contributed by atoms with van der Waals surface area (Å²) in [5, 5.41) is 16.5. The van der Waals surface area contributed by atoms with Crippen molar-refractivity contribution in [3.05, 3.63) is 53.3 Å². The van der Waals surface area contributed by atoms with Crippen LogP contribution in [0, 0.1) is 0 Å². The van der Waals surface area contributed by atoms with Crippen molar-refractivity contribution in [2.75, 3.05) is 7.05 Å². The minimum atomic E-state index is -0.697. The summed E-state index contributed by atoms with van der Waals surface area (Å²) in [6.45, 7) is 4.08. The van der Waals surface area contributed by atoms with Crippen molar-refractivity contribution in [3.63, 3.8) is 0 Å². The van der Waals surface area contributed by atoms with E-state index >= 15 is 0 Å². The predicted molar refractivity (Wildman–Crippen MR) is 85.4 cm³/mol. The van der Waals surface area contributed by atoms with Gasteiger partial charge >= 0.3 is 0 Å². The smallest absolute Gasteiger partial charge is 0.253 e. The van der Waals surface area contributed by atoms with Crippen LogP contribution in [0.15, 0.2) is 36.5 Å². The number of hydrogen-bond donors (Lipinski definition) is 2. The first-order valence-electron chi connectivity index (χ1n) is 7.40. The Hall–Kier alpha value is -2.14. The van der Waals surface area contributed by atoms with Crippen LogP contribution in [0.1, 0.15) is 41.9 Å². The molecule has 1 heterocycles. The molecule has 5 nitrogen and oxygen atoms in total. The van der Waals surface area contributed by atoms with Gasteiger partial charge in [0.05, 0.1) is 17.8 Å². The Kier molecular flexibility index (Phi) is 4.98. The Morgan fingerprint density at radius 1 is 1.36 bits per heavy atom. The molecule has 5 heteroatoms. The molecule has 0 saturated carbocycles. The fourth-order valence-corrected chi connectivity index (χ4v) is 2.23. The average molecular weight is 301 g/mol. The minimum Gasteiger partial charge on any atom is -0.390 e. The third-order valence-corrected chi connectivity index (χ3v) is 3.51. The Balaban J connectivity index is 2.03. The van der Waals surface area contributed by atoms with Gasteiger partial charge in [0.2, 0.25) is 0 Å². The van der Waals surface area contributed by atoms with Crippen LogP contribution in [0.4, 0.5) is 0 Å². The highest BCUT2D eigenvalue weighted by atomic mass is 16.3. The third-order valence-electron chi connectivity index (χ3n) is 3.51. The molecule has 2 N–H and O–H groups in total. The molecule has 0 fully saturated rings. The van der Waals surface area contributed by atoms with Gasteiger partial charge in [-0.05, 0) is 50.5 Å². The van der Waals surface area contributed by atoms with E-state index in [0.717, 1.165) is 17.7 Å². The summed E-state index contributed by atoms with van der Waals surface area (Å²) in [7, 11) is 1.77. The van der Waals surface area contributed by atoms with Gasteiger partial charge in [-0.3, -0.25) is 9.89 Å². The SMILES string of the molecule is CN(Cc1ccn[nH]1)C(=O)c1cccc(CCC(C)(C)O)c1. The first-order valence-corrected chi connectivity index (χ1v) is 7.40. The highest BCUT2D eigenvalue weighted by molar-refractivity contribution is 5.94. The summed E-state index contributed by atoms with van der Waals surface area (Å²) in [6.07, 6.45) is 3.08. The topological polar surface area (TPSA) is 69.2 Å². The van der Waals surface area contributed by atoms with Gasteiger partial charge in [-0.15, -0.1) is 0 Å².